The van der Waals surface area contributed by atoms with Crippen LogP contribution in [-0.4, -0.2) is 61.8 Å². The Morgan fingerprint density at radius 1 is 0.667 bits per heavy atom. The zero-order valence-corrected chi connectivity index (χ0v) is 17.8. The van der Waals surface area contributed by atoms with Crippen LogP contribution < -0.4 is 0 Å². The van der Waals surface area contributed by atoms with Crippen molar-refractivity contribution in [3.8, 4) is 0 Å². The Kier molecular flexibility index (Phi) is 33.5. The molecule has 7 nitrogen and oxygen atoms in total. The Labute approximate surface area is 165 Å². The zero-order valence-electron chi connectivity index (χ0n) is 17.8. The van der Waals surface area contributed by atoms with E-state index in [-0.39, 0.29) is 38.4 Å². The molecule has 0 saturated heterocycles. The minimum absolute atomic E-state index is 0.125. The molecule has 27 heavy (non-hydrogen) atoms. The number of carbonyl (C=O) groups is 2. The first kappa shape index (κ1) is 30.5. The molecule has 2 N–H and O–H groups in total. The summed E-state index contributed by atoms with van der Waals surface area (Å²) in [5, 5.41) is 15.2. The van der Waals surface area contributed by atoms with Crippen molar-refractivity contribution in [3.05, 3.63) is 0 Å². The van der Waals surface area contributed by atoms with Crippen LogP contribution in [0.4, 0.5) is 0 Å². The van der Waals surface area contributed by atoms with Gasteiger partial charge in [0.1, 0.15) is 13.2 Å². The fourth-order valence-corrected chi connectivity index (χ4v) is 1.70. The summed E-state index contributed by atoms with van der Waals surface area (Å²) in [4.78, 5) is 22.4. The first-order valence-corrected chi connectivity index (χ1v) is 10.1. The lowest BCUT2D eigenvalue weighted by molar-refractivity contribution is -0.152. The van der Waals surface area contributed by atoms with E-state index >= 15 is 0 Å². The summed E-state index contributed by atoms with van der Waals surface area (Å²) in [5.74, 6) is -0.407. The highest BCUT2D eigenvalue weighted by molar-refractivity contribution is 5.70. The molecule has 0 rings (SSSR count). The molecule has 0 fully saturated rings. The molecule has 0 bridgehead atoms. The Morgan fingerprint density at radius 3 is 1.26 bits per heavy atom. The molecule has 0 aromatic carbocycles. The largest absolute Gasteiger partial charge is 0.462 e. The van der Waals surface area contributed by atoms with Gasteiger partial charge in [0.05, 0.1) is 13.2 Å². The van der Waals surface area contributed by atoms with E-state index in [1.165, 1.54) is 0 Å². The summed E-state index contributed by atoms with van der Waals surface area (Å²) in [5.41, 5.74) is 0. The Hall–Kier alpha value is -1.18. The third kappa shape index (κ3) is 36.5. The van der Waals surface area contributed by atoms with Crippen molar-refractivity contribution < 1.29 is 34.0 Å². The maximum absolute atomic E-state index is 11.2. The molecule has 0 heterocycles. The maximum Gasteiger partial charge on any atom is 0.305 e. The van der Waals surface area contributed by atoms with Gasteiger partial charge >= 0.3 is 11.9 Å². The molecule has 0 radical (unpaired) electrons. The van der Waals surface area contributed by atoms with E-state index in [1.807, 2.05) is 13.8 Å². The smallest absolute Gasteiger partial charge is 0.305 e. The maximum atomic E-state index is 11.2. The lowest BCUT2D eigenvalue weighted by Gasteiger charge is -2.06. The summed E-state index contributed by atoms with van der Waals surface area (Å²) < 4.78 is 14.7. The van der Waals surface area contributed by atoms with Crippen LogP contribution in [-0.2, 0) is 23.8 Å². The first-order chi connectivity index (χ1) is 13.0. The molecule has 0 aromatic heterocycles. The summed E-state index contributed by atoms with van der Waals surface area (Å²) in [6.45, 7) is 9.93. The second-order valence-electron chi connectivity index (χ2n) is 5.58. The van der Waals surface area contributed by atoms with Gasteiger partial charge in [0.2, 0.25) is 0 Å². The van der Waals surface area contributed by atoms with Crippen LogP contribution in [0.5, 0.6) is 0 Å². The summed E-state index contributed by atoms with van der Waals surface area (Å²) >= 11 is 0. The molecule has 0 amide bonds. The number of ether oxygens (including phenoxy) is 3. The number of hydrogen-bond donors (Lipinski definition) is 2. The van der Waals surface area contributed by atoms with E-state index < -0.39 is 0 Å². The molecular weight excluding hydrogens is 352 g/mol. The highest BCUT2D eigenvalue weighted by atomic mass is 16.6. The van der Waals surface area contributed by atoms with Gasteiger partial charge in [-0.3, -0.25) is 9.59 Å². The molecule has 0 aromatic rings. The number of carbonyl (C=O) groups excluding carboxylic acids is 2. The third-order valence-electron chi connectivity index (χ3n) is 3.09. The van der Waals surface area contributed by atoms with Gasteiger partial charge in [0.25, 0.3) is 0 Å². The van der Waals surface area contributed by atoms with Gasteiger partial charge < -0.3 is 24.4 Å². The number of aliphatic hydroxyl groups is 2. The number of aliphatic hydroxyl groups excluding tert-OH is 2. The lowest BCUT2D eigenvalue weighted by atomic mass is 10.2. The number of esters is 2. The standard InChI is InChI=1S/C14H26O4.C4H10O.C2H6O2/c1-3-5-7-9-13(15)17-11-12-18-14(16)10-8-6-4-2;1-3-5-4-2;3-1-2-4/h3-12H2,1-2H3;3-4H2,1-2H3;3-4H,1-2H2. The first-order valence-electron chi connectivity index (χ1n) is 10.1. The molecule has 0 aliphatic carbocycles. The minimum Gasteiger partial charge on any atom is -0.462 e. The van der Waals surface area contributed by atoms with Crippen molar-refractivity contribution >= 4 is 11.9 Å². The fourth-order valence-electron chi connectivity index (χ4n) is 1.70. The molecule has 7 heteroatoms. The van der Waals surface area contributed by atoms with Crippen LogP contribution in [0.3, 0.4) is 0 Å². The predicted octanol–water partition coefficient (Wildman–Crippen LogP) is 3.25. The Balaban J connectivity index is -0.000000528. The summed E-state index contributed by atoms with van der Waals surface area (Å²) in [6.07, 6.45) is 6.91. The second-order valence-corrected chi connectivity index (χ2v) is 5.58. The van der Waals surface area contributed by atoms with E-state index in [4.69, 9.17) is 24.4 Å². The summed E-state index contributed by atoms with van der Waals surface area (Å²) in [7, 11) is 0. The van der Waals surface area contributed by atoms with Gasteiger partial charge in [0.15, 0.2) is 0 Å². The average molecular weight is 395 g/mol. The van der Waals surface area contributed by atoms with Gasteiger partial charge in [-0.15, -0.1) is 0 Å². The van der Waals surface area contributed by atoms with Crippen LogP contribution in [0.25, 0.3) is 0 Å². The second kappa shape index (κ2) is 29.6. The third-order valence-corrected chi connectivity index (χ3v) is 3.09. The van der Waals surface area contributed by atoms with Crippen LogP contribution >= 0.6 is 0 Å². The van der Waals surface area contributed by atoms with E-state index in [0.717, 1.165) is 51.7 Å². The van der Waals surface area contributed by atoms with E-state index in [9.17, 15) is 9.59 Å². The Morgan fingerprint density at radius 2 is 1.04 bits per heavy atom. The van der Waals surface area contributed by atoms with Crippen molar-refractivity contribution in [2.45, 2.75) is 79.1 Å². The lowest BCUT2D eigenvalue weighted by Crippen LogP contribution is -2.13. The van der Waals surface area contributed by atoms with Crippen LogP contribution in [0.2, 0.25) is 0 Å². The summed E-state index contributed by atoms with van der Waals surface area (Å²) in [6, 6.07) is 0. The highest BCUT2D eigenvalue weighted by Crippen LogP contribution is 2.02. The average Bonchev–Trinajstić information content (AvgIpc) is 2.67. The topological polar surface area (TPSA) is 102 Å². The van der Waals surface area contributed by atoms with Crippen molar-refractivity contribution in [1.82, 2.24) is 0 Å². The van der Waals surface area contributed by atoms with Crippen LogP contribution in [0, 0.1) is 0 Å². The van der Waals surface area contributed by atoms with Gasteiger partial charge in [-0.05, 0) is 26.7 Å². The molecular formula is C20H42O7. The van der Waals surface area contributed by atoms with E-state index in [0.29, 0.717) is 12.8 Å². The normalized spacial score (nSPS) is 9.41. The van der Waals surface area contributed by atoms with Crippen molar-refractivity contribution in [2.75, 3.05) is 39.6 Å². The highest BCUT2D eigenvalue weighted by Gasteiger charge is 2.04. The number of rotatable bonds is 14. The monoisotopic (exact) mass is 394 g/mol. The van der Waals surface area contributed by atoms with Gasteiger partial charge in [-0.1, -0.05) is 39.5 Å². The SMILES string of the molecule is CCCCCC(=O)OCCOC(=O)CCCCC.CCOCC.OCCO. The molecule has 0 aliphatic heterocycles. The molecule has 0 aliphatic rings. The fraction of sp³-hybridized carbons (Fsp3) is 0.900. The van der Waals surface area contributed by atoms with Gasteiger partial charge in [0, 0.05) is 26.1 Å². The van der Waals surface area contributed by atoms with Crippen molar-refractivity contribution in [2.24, 2.45) is 0 Å². The molecule has 0 atom stereocenters. The molecule has 0 saturated carbocycles. The number of hydrogen-bond acceptors (Lipinski definition) is 7. The molecule has 164 valence electrons. The molecule has 0 spiro atoms. The van der Waals surface area contributed by atoms with Crippen molar-refractivity contribution in [1.29, 1.82) is 0 Å². The Bertz CT molecular complexity index is 268. The quantitative estimate of drug-likeness (QED) is 0.344. The van der Waals surface area contributed by atoms with Gasteiger partial charge in [-0.2, -0.15) is 0 Å². The molecule has 0 unspecified atom stereocenters. The van der Waals surface area contributed by atoms with Crippen molar-refractivity contribution in [3.63, 3.8) is 0 Å². The minimum atomic E-state index is -0.203. The van der Waals surface area contributed by atoms with E-state index in [1.54, 1.807) is 0 Å². The zero-order chi connectivity index (χ0) is 21.2. The van der Waals surface area contributed by atoms with E-state index in [2.05, 4.69) is 13.8 Å². The number of unbranched alkanes of at least 4 members (excludes halogenated alkanes) is 4. The van der Waals surface area contributed by atoms with Crippen LogP contribution in [0.1, 0.15) is 79.1 Å². The predicted molar refractivity (Wildman–Crippen MR) is 107 cm³/mol. The van der Waals surface area contributed by atoms with Gasteiger partial charge in [-0.25, -0.2) is 0 Å². The van der Waals surface area contributed by atoms with Crippen LogP contribution in [0.15, 0.2) is 0 Å².